The molecule has 0 aliphatic carbocycles. The Balaban J connectivity index is 0. The smallest absolute Gasteiger partial charge is 0.0583 e. The molecule has 8 N–H and O–H groups in total. The monoisotopic (exact) mass is 291 g/mol. The largest absolute Gasteiger partial charge is 0.381 e. The van der Waals surface area contributed by atoms with Gasteiger partial charge in [0.2, 0.25) is 0 Å². The van der Waals surface area contributed by atoms with Crippen molar-refractivity contribution in [2.75, 3.05) is 53.4 Å². The molecule has 0 radical (unpaired) electrons. The number of rotatable bonds is 12. The van der Waals surface area contributed by atoms with Gasteiger partial charge >= 0.3 is 0 Å². The van der Waals surface area contributed by atoms with E-state index in [4.69, 9.17) is 27.7 Å². The van der Waals surface area contributed by atoms with Crippen LogP contribution in [0.5, 0.6) is 0 Å². The Hall–Kier alpha value is -0.240. The fourth-order valence-corrected chi connectivity index (χ4v) is 1.75. The first-order chi connectivity index (χ1) is 9.65. The molecule has 20 heavy (non-hydrogen) atoms. The van der Waals surface area contributed by atoms with Crippen molar-refractivity contribution in [3.63, 3.8) is 0 Å². The normalized spacial score (nSPS) is 12.2. The molecule has 0 saturated carbocycles. The van der Waals surface area contributed by atoms with Crippen molar-refractivity contribution < 1.29 is 4.74 Å². The summed E-state index contributed by atoms with van der Waals surface area (Å²) < 4.78 is 5.16. The summed E-state index contributed by atoms with van der Waals surface area (Å²) in [6.07, 6.45) is 5.48. The van der Waals surface area contributed by atoms with Crippen molar-refractivity contribution in [2.24, 2.45) is 22.9 Å². The highest BCUT2D eigenvalue weighted by Crippen LogP contribution is 2.03. The fraction of sp³-hybridized carbons (Fsp3) is 1.00. The molecule has 6 nitrogen and oxygen atoms in total. The van der Waals surface area contributed by atoms with Gasteiger partial charge in [-0.1, -0.05) is 0 Å². The van der Waals surface area contributed by atoms with Crippen LogP contribution in [0.1, 0.15) is 32.1 Å². The Labute approximate surface area is 125 Å². The minimum atomic E-state index is 0.313. The Morgan fingerprint density at radius 3 is 1.65 bits per heavy atom. The Bertz CT molecular complexity index is 164. The topological polar surface area (TPSA) is 117 Å². The summed E-state index contributed by atoms with van der Waals surface area (Å²) in [5.74, 6) is 0. The van der Waals surface area contributed by atoms with E-state index in [0.717, 1.165) is 64.8 Å². The van der Waals surface area contributed by atoms with Crippen LogP contribution >= 0.6 is 0 Å². The molecule has 0 saturated heterocycles. The first-order valence-electron chi connectivity index (χ1n) is 7.67. The number of hydrogen-bond donors (Lipinski definition) is 4. The van der Waals surface area contributed by atoms with Crippen LogP contribution in [0, 0.1) is 0 Å². The Morgan fingerprint density at radius 2 is 1.30 bits per heavy atom. The second kappa shape index (κ2) is 18.8. The second-order valence-electron chi connectivity index (χ2n) is 4.95. The Morgan fingerprint density at radius 1 is 0.800 bits per heavy atom. The highest BCUT2D eigenvalue weighted by molar-refractivity contribution is 4.58. The van der Waals surface area contributed by atoms with Gasteiger partial charge in [0.25, 0.3) is 0 Å². The van der Waals surface area contributed by atoms with Crippen molar-refractivity contribution >= 4 is 0 Å². The van der Waals surface area contributed by atoms with Gasteiger partial charge in [-0.25, -0.2) is 0 Å². The summed E-state index contributed by atoms with van der Waals surface area (Å²) in [5.41, 5.74) is 21.4. The van der Waals surface area contributed by atoms with Gasteiger partial charge in [0.15, 0.2) is 0 Å². The maximum Gasteiger partial charge on any atom is 0.0583 e. The summed E-state index contributed by atoms with van der Waals surface area (Å²) in [4.78, 5) is 2.26. The van der Waals surface area contributed by atoms with E-state index < -0.39 is 0 Å². The van der Waals surface area contributed by atoms with Crippen LogP contribution in [0.2, 0.25) is 0 Å². The molecule has 0 aliphatic heterocycles. The van der Waals surface area contributed by atoms with E-state index in [-0.39, 0.29) is 0 Å². The van der Waals surface area contributed by atoms with Crippen LogP contribution in [0.4, 0.5) is 0 Å². The van der Waals surface area contributed by atoms with E-state index in [1.54, 1.807) is 7.11 Å². The summed E-state index contributed by atoms with van der Waals surface area (Å²) in [7, 11) is 3.82. The molecule has 124 valence electrons. The lowest BCUT2D eigenvalue weighted by molar-refractivity contribution is 0.0888. The number of nitrogens with two attached hydrogens (primary N) is 4. The molecule has 1 atom stereocenters. The molecule has 0 aliphatic rings. The molecule has 0 spiro atoms. The van der Waals surface area contributed by atoms with Gasteiger partial charge in [0.1, 0.15) is 0 Å². The highest BCUT2D eigenvalue weighted by atomic mass is 16.5. The first-order valence-corrected chi connectivity index (χ1v) is 7.67. The maximum atomic E-state index is 5.37. The van der Waals surface area contributed by atoms with Gasteiger partial charge in [-0.05, 0) is 78.4 Å². The van der Waals surface area contributed by atoms with Crippen molar-refractivity contribution in [2.45, 2.75) is 38.2 Å². The quantitative estimate of drug-likeness (QED) is 0.392. The molecule has 6 heteroatoms. The number of ether oxygens (including phenoxy) is 1. The van der Waals surface area contributed by atoms with Crippen molar-refractivity contribution in [1.29, 1.82) is 0 Å². The van der Waals surface area contributed by atoms with Crippen molar-refractivity contribution in [3.8, 4) is 0 Å². The second-order valence-corrected chi connectivity index (χ2v) is 4.95. The average Bonchev–Trinajstić information content (AvgIpc) is 2.47. The minimum absolute atomic E-state index is 0.313. The molecule has 0 rings (SSSR count). The van der Waals surface area contributed by atoms with Gasteiger partial charge in [0, 0.05) is 7.11 Å². The zero-order chi connectivity index (χ0) is 15.6. The van der Waals surface area contributed by atoms with Crippen LogP contribution in [-0.4, -0.2) is 64.4 Å². The molecule has 0 aromatic carbocycles. The van der Waals surface area contributed by atoms with Gasteiger partial charge < -0.3 is 32.6 Å². The molecular formula is C14H37N5O. The van der Waals surface area contributed by atoms with E-state index >= 15 is 0 Å². The van der Waals surface area contributed by atoms with Crippen LogP contribution in [0.15, 0.2) is 0 Å². The zero-order valence-electron chi connectivity index (χ0n) is 13.5. The number of hydrogen-bond acceptors (Lipinski definition) is 6. The summed E-state index contributed by atoms with van der Waals surface area (Å²) >= 11 is 0. The van der Waals surface area contributed by atoms with Crippen LogP contribution in [0.25, 0.3) is 0 Å². The third-order valence-electron chi connectivity index (χ3n) is 3.04. The highest BCUT2D eigenvalue weighted by Gasteiger charge is 2.03. The lowest BCUT2D eigenvalue weighted by Gasteiger charge is -2.14. The third kappa shape index (κ3) is 17.8. The van der Waals surface area contributed by atoms with Crippen LogP contribution < -0.4 is 22.9 Å². The lowest BCUT2D eigenvalue weighted by atomic mass is 10.1. The van der Waals surface area contributed by atoms with Crippen molar-refractivity contribution in [1.82, 2.24) is 4.90 Å². The molecular weight excluding hydrogens is 254 g/mol. The standard InChI is InChI=1S/C7H19N3.C7H18N2O/c1-10(6-2-4-8)7-3-5-9;1-10-7(4-6-9)3-2-5-8/h2-9H2,1H3;7H,2-6,8-9H2,1H3. The average molecular weight is 291 g/mol. The molecule has 0 aromatic rings. The minimum Gasteiger partial charge on any atom is -0.381 e. The molecule has 0 aromatic heterocycles. The van der Waals surface area contributed by atoms with E-state index in [9.17, 15) is 0 Å². The summed E-state index contributed by atoms with van der Waals surface area (Å²) in [5, 5.41) is 0. The molecule has 1 unspecified atom stereocenters. The number of nitrogens with zero attached hydrogens (tertiary/aromatic N) is 1. The predicted octanol–water partition coefficient (Wildman–Crippen LogP) is -0.295. The van der Waals surface area contributed by atoms with Crippen LogP contribution in [-0.2, 0) is 4.74 Å². The zero-order valence-corrected chi connectivity index (χ0v) is 13.5. The Kier molecular flexibility index (Phi) is 20.7. The third-order valence-corrected chi connectivity index (χ3v) is 3.04. The maximum absolute atomic E-state index is 5.37. The van der Waals surface area contributed by atoms with E-state index in [1.165, 1.54) is 0 Å². The summed E-state index contributed by atoms with van der Waals surface area (Å²) in [6, 6.07) is 0. The predicted molar refractivity (Wildman–Crippen MR) is 87.6 cm³/mol. The molecule has 0 heterocycles. The summed E-state index contributed by atoms with van der Waals surface area (Å²) in [6.45, 7) is 5.19. The van der Waals surface area contributed by atoms with Gasteiger partial charge in [-0.3, -0.25) is 0 Å². The lowest BCUT2D eigenvalue weighted by Crippen LogP contribution is -2.24. The van der Waals surface area contributed by atoms with Gasteiger partial charge in [0.05, 0.1) is 6.10 Å². The molecule has 0 bridgehead atoms. The molecule has 0 fully saturated rings. The fourth-order valence-electron chi connectivity index (χ4n) is 1.75. The van der Waals surface area contributed by atoms with E-state index in [1.807, 2.05) is 0 Å². The first kappa shape index (κ1) is 22.0. The molecule has 0 amide bonds. The number of methoxy groups -OCH3 is 1. The van der Waals surface area contributed by atoms with E-state index in [0.29, 0.717) is 12.6 Å². The van der Waals surface area contributed by atoms with Gasteiger partial charge in [-0.15, -0.1) is 0 Å². The van der Waals surface area contributed by atoms with Gasteiger partial charge in [-0.2, -0.15) is 0 Å². The SMILES string of the molecule is CN(CCCN)CCCN.COC(CCN)CCCN. The van der Waals surface area contributed by atoms with Crippen molar-refractivity contribution in [3.05, 3.63) is 0 Å². The van der Waals surface area contributed by atoms with E-state index in [2.05, 4.69) is 11.9 Å². The van der Waals surface area contributed by atoms with Crippen LogP contribution in [0.3, 0.4) is 0 Å².